The number of nitrogens with zero attached hydrogens (tertiary/aromatic N) is 2. The molecular weight excluding hydrogens is 409 g/mol. The Kier molecular flexibility index (Phi) is 7.41. The first kappa shape index (κ1) is 22.2. The van der Waals surface area contributed by atoms with Gasteiger partial charge in [-0.25, -0.2) is 12.8 Å². The summed E-state index contributed by atoms with van der Waals surface area (Å²) in [6.07, 6.45) is 0.617. The Balaban J connectivity index is 1.50. The largest absolute Gasteiger partial charge is 0.497 e. The number of methoxy groups -OCH3 is 1. The van der Waals surface area contributed by atoms with Crippen LogP contribution in [0, 0.1) is 5.82 Å². The van der Waals surface area contributed by atoms with Gasteiger partial charge in [0.2, 0.25) is 15.9 Å². The van der Waals surface area contributed by atoms with E-state index in [4.69, 9.17) is 4.74 Å². The minimum Gasteiger partial charge on any atom is -0.497 e. The zero-order valence-corrected chi connectivity index (χ0v) is 17.7. The number of halogens is 1. The van der Waals surface area contributed by atoms with E-state index in [0.29, 0.717) is 32.6 Å². The summed E-state index contributed by atoms with van der Waals surface area (Å²) in [5, 5.41) is 2.89. The molecule has 0 radical (unpaired) electrons. The van der Waals surface area contributed by atoms with E-state index in [2.05, 4.69) is 5.32 Å². The van der Waals surface area contributed by atoms with E-state index in [1.54, 1.807) is 7.11 Å². The molecule has 7 nitrogen and oxygen atoms in total. The molecule has 1 saturated heterocycles. The molecule has 1 aliphatic heterocycles. The van der Waals surface area contributed by atoms with Crippen LogP contribution in [0.25, 0.3) is 0 Å². The summed E-state index contributed by atoms with van der Waals surface area (Å²) in [4.78, 5) is 14.3. The summed E-state index contributed by atoms with van der Waals surface area (Å²) in [6, 6.07) is 12.3. The smallest absolute Gasteiger partial charge is 0.243 e. The van der Waals surface area contributed by atoms with Crippen LogP contribution in [0.4, 0.5) is 4.39 Å². The molecule has 2 aromatic carbocycles. The summed E-state index contributed by atoms with van der Waals surface area (Å²) in [5.41, 5.74) is 0.969. The fraction of sp³-hybridized carbons (Fsp3) is 0.381. The summed E-state index contributed by atoms with van der Waals surface area (Å²) in [6.45, 7) is 2.36. The van der Waals surface area contributed by atoms with Crippen LogP contribution >= 0.6 is 0 Å². The summed E-state index contributed by atoms with van der Waals surface area (Å²) in [5.74, 6) is 0.173. The van der Waals surface area contributed by atoms with E-state index < -0.39 is 15.8 Å². The number of ether oxygens (including phenoxy) is 1. The predicted molar refractivity (Wildman–Crippen MR) is 111 cm³/mol. The van der Waals surface area contributed by atoms with Crippen molar-refractivity contribution in [2.75, 3.05) is 39.8 Å². The molecule has 0 atom stereocenters. The topological polar surface area (TPSA) is 79.0 Å². The highest BCUT2D eigenvalue weighted by molar-refractivity contribution is 7.89. The molecule has 0 spiro atoms. The zero-order chi connectivity index (χ0) is 21.6. The number of benzene rings is 2. The van der Waals surface area contributed by atoms with Crippen LogP contribution in [-0.4, -0.2) is 63.4 Å². The number of hydrogen-bond donors (Lipinski definition) is 1. The fourth-order valence-electron chi connectivity index (χ4n) is 3.30. The number of sulfonamides is 1. The van der Waals surface area contributed by atoms with Crippen molar-refractivity contribution >= 4 is 15.9 Å². The molecule has 3 rings (SSSR count). The van der Waals surface area contributed by atoms with Crippen LogP contribution in [0.3, 0.4) is 0 Å². The lowest BCUT2D eigenvalue weighted by atomic mass is 10.2. The van der Waals surface area contributed by atoms with E-state index >= 15 is 0 Å². The minimum atomic E-state index is -3.68. The molecule has 30 heavy (non-hydrogen) atoms. The fourth-order valence-corrected chi connectivity index (χ4v) is 4.77. The van der Waals surface area contributed by atoms with E-state index in [-0.39, 0.29) is 23.9 Å². The third kappa shape index (κ3) is 5.78. The maximum absolute atomic E-state index is 13.1. The Labute approximate surface area is 176 Å². The van der Waals surface area contributed by atoms with Gasteiger partial charge in [-0.2, -0.15) is 4.31 Å². The Bertz CT molecular complexity index is 949. The Morgan fingerprint density at radius 2 is 1.73 bits per heavy atom. The lowest BCUT2D eigenvalue weighted by Gasteiger charge is -2.21. The van der Waals surface area contributed by atoms with Gasteiger partial charge in [0.15, 0.2) is 0 Å². The zero-order valence-electron chi connectivity index (χ0n) is 16.9. The summed E-state index contributed by atoms with van der Waals surface area (Å²) >= 11 is 0. The molecule has 1 N–H and O–H groups in total. The molecule has 0 unspecified atom stereocenters. The lowest BCUT2D eigenvalue weighted by molar-refractivity contribution is -0.122. The highest BCUT2D eigenvalue weighted by Gasteiger charge is 2.27. The highest BCUT2D eigenvalue weighted by Crippen LogP contribution is 2.18. The van der Waals surface area contributed by atoms with Crippen LogP contribution < -0.4 is 10.1 Å². The number of rotatable bonds is 7. The van der Waals surface area contributed by atoms with E-state index in [9.17, 15) is 17.6 Å². The van der Waals surface area contributed by atoms with Crippen LogP contribution in [-0.2, 0) is 21.4 Å². The molecule has 1 heterocycles. The quantitative estimate of drug-likeness (QED) is 0.718. The second-order valence-corrected chi connectivity index (χ2v) is 9.05. The molecule has 0 aliphatic carbocycles. The van der Waals surface area contributed by atoms with E-state index in [0.717, 1.165) is 23.4 Å². The standard InChI is InChI=1S/C21H26FN3O4S/c1-29-19-7-3-17(4-8-19)15-23-21(26)16-24-11-2-12-25(14-13-24)30(27,28)20-9-5-18(22)6-10-20/h3-10H,2,11-16H2,1H3,(H,23,26). The molecule has 1 amide bonds. The van der Waals surface area contributed by atoms with Crippen LogP contribution in [0.15, 0.2) is 53.4 Å². The average molecular weight is 436 g/mol. The minimum absolute atomic E-state index is 0.0783. The van der Waals surface area contributed by atoms with Gasteiger partial charge in [0.1, 0.15) is 11.6 Å². The van der Waals surface area contributed by atoms with E-state index in [1.165, 1.54) is 16.4 Å². The third-order valence-corrected chi connectivity index (χ3v) is 6.93. The maximum atomic E-state index is 13.1. The van der Waals surface area contributed by atoms with Crippen LogP contribution in [0.2, 0.25) is 0 Å². The molecule has 1 aliphatic rings. The number of amides is 1. The van der Waals surface area contributed by atoms with Gasteiger partial charge in [-0.3, -0.25) is 9.69 Å². The first-order valence-electron chi connectivity index (χ1n) is 9.76. The van der Waals surface area contributed by atoms with Crippen molar-refractivity contribution in [3.63, 3.8) is 0 Å². The average Bonchev–Trinajstić information content (AvgIpc) is 2.99. The molecule has 0 bridgehead atoms. The van der Waals surface area contributed by atoms with Crippen molar-refractivity contribution in [2.24, 2.45) is 0 Å². The molecule has 162 valence electrons. The number of carbonyl (C=O) groups is 1. The normalized spacial score (nSPS) is 16.1. The summed E-state index contributed by atoms with van der Waals surface area (Å²) in [7, 11) is -2.08. The van der Waals surface area contributed by atoms with Gasteiger partial charge in [-0.15, -0.1) is 0 Å². The first-order valence-corrected chi connectivity index (χ1v) is 11.2. The number of hydrogen-bond acceptors (Lipinski definition) is 5. The highest BCUT2D eigenvalue weighted by atomic mass is 32.2. The monoisotopic (exact) mass is 435 g/mol. The number of carbonyl (C=O) groups excluding carboxylic acids is 1. The Hall–Kier alpha value is -2.49. The SMILES string of the molecule is COc1ccc(CNC(=O)CN2CCCN(S(=O)(=O)c3ccc(F)cc3)CC2)cc1. The molecular formula is C21H26FN3O4S. The summed E-state index contributed by atoms with van der Waals surface area (Å²) < 4.78 is 45.2. The number of nitrogens with one attached hydrogen (secondary N) is 1. The van der Waals surface area contributed by atoms with Gasteiger partial charge < -0.3 is 10.1 Å². The molecule has 9 heteroatoms. The second kappa shape index (κ2) is 10.0. The molecule has 0 aromatic heterocycles. The van der Waals surface area contributed by atoms with Crippen molar-refractivity contribution in [1.29, 1.82) is 0 Å². The maximum Gasteiger partial charge on any atom is 0.243 e. The predicted octanol–water partition coefficient (Wildman–Crippen LogP) is 1.85. The van der Waals surface area contributed by atoms with Crippen molar-refractivity contribution in [1.82, 2.24) is 14.5 Å². The van der Waals surface area contributed by atoms with Crippen molar-refractivity contribution < 1.29 is 22.3 Å². The van der Waals surface area contributed by atoms with E-state index in [1.807, 2.05) is 29.2 Å². The molecule has 1 fully saturated rings. The van der Waals surface area contributed by atoms with Gasteiger partial charge in [0.25, 0.3) is 0 Å². The van der Waals surface area contributed by atoms with Crippen LogP contribution in [0.5, 0.6) is 5.75 Å². The Morgan fingerprint density at radius 1 is 1.03 bits per heavy atom. The van der Waals surface area contributed by atoms with Gasteiger partial charge in [0, 0.05) is 26.2 Å². The first-order chi connectivity index (χ1) is 14.4. The Morgan fingerprint density at radius 3 is 2.40 bits per heavy atom. The lowest BCUT2D eigenvalue weighted by Crippen LogP contribution is -2.39. The van der Waals surface area contributed by atoms with Gasteiger partial charge >= 0.3 is 0 Å². The second-order valence-electron chi connectivity index (χ2n) is 7.11. The third-order valence-electron chi connectivity index (χ3n) is 5.01. The van der Waals surface area contributed by atoms with Gasteiger partial charge in [-0.1, -0.05) is 12.1 Å². The van der Waals surface area contributed by atoms with Gasteiger partial charge in [-0.05, 0) is 54.9 Å². The van der Waals surface area contributed by atoms with Crippen molar-refractivity contribution in [2.45, 2.75) is 17.9 Å². The van der Waals surface area contributed by atoms with Crippen molar-refractivity contribution in [3.8, 4) is 5.75 Å². The molecule has 0 saturated carbocycles. The van der Waals surface area contributed by atoms with Gasteiger partial charge in [0.05, 0.1) is 18.6 Å². The molecule has 2 aromatic rings. The van der Waals surface area contributed by atoms with Crippen LogP contribution in [0.1, 0.15) is 12.0 Å². The van der Waals surface area contributed by atoms with Crippen molar-refractivity contribution in [3.05, 3.63) is 59.9 Å².